The molecule has 0 saturated carbocycles. The topological polar surface area (TPSA) is 35.2 Å². The van der Waals surface area contributed by atoms with E-state index < -0.39 is 0 Å². The molecule has 0 aromatic rings. The Morgan fingerprint density at radius 2 is 2.22 bits per heavy atom. The first-order valence-corrected chi connectivity index (χ1v) is 2.95. The van der Waals surface area contributed by atoms with E-state index in [0.717, 1.165) is 6.42 Å². The van der Waals surface area contributed by atoms with Crippen molar-refractivity contribution < 1.29 is 4.74 Å². The van der Waals surface area contributed by atoms with Crippen LogP contribution in [0.5, 0.6) is 0 Å². The summed E-state index contributed by atoms with van der Waals surface area (Å²) < 4.78 is 5.35. The molecule has 3 atom stereocenters. The molecule has 0 spiro atoms. The Labute approximate surface area is 60.5 Å². The van der Waals surface area contributed by atoms with Gasteiger partial charge >= 0.3 is 0 Å². The zero-order valence-corrected chi connectivity index (χ0v) is 5.80. The van der Waals surface area contributed by atoms with E-state index in [0.29, 0.717) is 6.10 Å². The van der Waals surface area contributed by atoms with E-state index in [4.69, 9.17) is 10.5 Å². The van der Waals surface area contributed by atoms with Gasteiger partial charge in [-0.25, -0.2) is 0 Å². The summed E-state index contributed by atoms with van der Waals surface area (Å²) in [5.74, 6) is 0. The Hall–Kier alpha value is -0.0500. The maximum Gasteiger partial charge on any atom is 0.0916 e. The van der Waals surface area contributed by atoms with Gasteiger partial charge in [0.2, 0.25) is 0 Å². The molecule has 52 valence electrons. The molecule has 9 heavy (non-hydrogen) atoms. The number of halogens is 1. The van der Waals surface area contributed by atoms with E-state index in [1.807, 2.05) is 0 Å². The van der Waals surface area contributed by atoms with E-state index in [1.165, 1.54) is 0 Å². The number of ether oxygens (including phenoxy) is 1. The van der Waals surface area contributed by atoms with Gasteiger partial charge in [-0.05, 0) is 6.42 Å². The molecule has 2 aliphatic heterocycles. The summed E-state index contributed by atoms with van der Waals surface area (Å²) in [6.45, 7) is 0. The van der Waals surface area contributed by atoms with Gasteiger partial charge in [-0.3, -0.25) is 0 Å². The maximum atomic E-state index is 5.64. The standard InChI is InChI=1S/C6H9NO.ClH/c7-5-3-4-1-2-6(5)8-4;/h1-2,4-6H,3,7H2;1H. The molecule has 3 heteroatoms. The minimum absolute atomic E-state index is 0. The van der Waals surface area contributed by atoms with E-state index in [1.54, 1.807) is 0 Å². The van der Waals surface area contributed by atoms with Crippen LogP contribution in [0, 0.1) is 0 Å². The smallest absolute Gasteiger partial charge is 0.0916 e. The molecule has 1 saturated heterocycles. The molecule has 3 unspecified atom stereocenters. The van der Waals surface area contributed by atoms with Gasteiger partial charge < -0.3 is 10.5 Å². The highest BCUT2D eigenvalue weighted by atomic mass is 35.5. The van der Waals surface area contributed by atoms with Crippen molar-refractivity contribution in [1.29, 1.82) is 0 Å². The molecule has 0 aromatic heterocycles. The van der Waals surface area contributed by atoms with Gasteiger partial charge in [-0.2, -0.15) is 0 Å². The zero-order valence-electron chi connectivity index (χ0n) is 4.99. The van der Waals surface area contributed by atoms with Crippen LogP contribution in [0.2, 0.25) is 0 Å². The fourth-order valence-electron chi connectivity index (χ4n) is 1.31. The Kier molecular flexibility index (Phi) is 1.80. The van der Waals surface area contributed by atoms with Crippen molar-refractivity contribution in [3.8, 4) is 0 Å². The molecular formula is C6H10ClNO. The first-order valence-electron chi connectivity index (χ1n) is 2.95. The molecule has 2 bridgehead atoms. The Morgan fingerprint density at radius 1 is 1.44 bits per heavy atom. The van der Waals surface area contributed by atoms with Crippen LogP contribution in [0.3, 0.4) is 0 Å². The van der Waals surface area contributed by atoms with Crippen LogP contribution >= 0.6 is 12.4 Å². The lowest BCUT2D eigenvalue weighted by Gasteiger charge is -2.06. The summed E-state index contributed by atoms with van der Waals surface area (Å²) in [4.78, 5) is 0. The number of hydrogen-bond donors (Lipinski definition) is 1. The fourth-order valence-corrected chi connectivity index (χ4v) is 1.31. The lowest BCUT2D eigenvalue weighted by molar-refractivity contribution is 0.117. The van der Waals surface area contributed by atoms with E-state index in [9.17, 15) is 0 Å². The summed E-state index contributed by atoms with van der Waals surface area (Å²) in [6, 6.07) is 0.269. The molecule has 2 rings (SSSR count). The molecular weight excluding hydrogens is 138 g/mol. The quantitative estimate of drug-likeness (QED) is 0.506. The van der Waals surface area contributed by atoms with Crippen LogP contribution in [0.4, 0.5) is 0 Å². The monoisotopic (exact) mass is 147 g/mol. The van der Waals surface area contributed by atoms with Crippen LogP contribution in [-0.4, -0.2) is 18.2 Å². The van der Waals surface area contributed by atoms with Gasteiger partial charge in [0.25, 0.3) is 0 Å². The molecule has 0 radical (unpaired) electrons. The second-order valence-electron chi connectivity index (χ2n) is 2.42. The lowest BCUT2D eigenvalue weighted by atomic mass is 10.0. The van der Waals surface area contributed by atoms with Crippen LogP contribution in [0.1, 0.15) is 6.42 Å². The lowest BCUT2D eigenvalue weighted by Crippen LogP contribution is -2.28. The van der Waals surface area contributed by atoms with Gasteiger partial charge in [0, 0.05) is 6.04 Å². The summed E-state index contributed by atoms with van der Waals surface area (Å²) >= 11 is 0. The summed E-state index contributed by atoms with van der Waals surface area (Å²) in [5.41, 5.74) is 5.64. The van der Waals surface area contributed by atoms with Crippen molar-refractivity contribution in [2.45, 2.75) is 24.7 Å². The third-order valence-electron chi connectivity index (χ3n) is 1.77. The van der Waals surface area contributed by atoms with Crippen molar-refractivity contribution in [3.63, 3.8) is 0 Å². The number of hydrogen-bond acceptors (Lipinski definition) is 2. The van der Waals surface area contributed by atoms with Crippen molar-refractivity contribution in [2.75, 3.05) is 0 Å². The second kappa shape index (κ2) is 2.29. The average molecular weight is 148 g/mol. The van der Waals surface area contributed by atoms with Crippen LogP contribution < -0.4 is 5.73 Å². The van der Waals surface area contributed by atoms with Gasteiger partial charge in [-0.1, -0.05) is 12.2 Å². The molecule has 2 aliphatic rings. The highest BCUT2D eigenvalue weighted by molar-refractivity contribution is 5.85. The third kappa shape index (κ3) is 0.980. The minimum Gasteiger partial charge on any atom is -0.365 e. The maximum absolute atomic E-state index is 5.64. The highest BCUT2D eigenvalue weighted by Crippen LogP contribution is 2.26. The normalized spacial score (nSPS) is 45.2. The summed E-state index contributed by atoms with van der Waals surface area (Å²) in [6.07, 6.45) is 5.74. The number of fused-ring (bicyclic) bond motifs is 2. The fraction of sp³-hybridized carbons (Fsp3) is 0.667. The van der Waals surface area contributed by atoms with Crippen LogP contribution in [-0.2, 0) is 4.74 Å². The largest absolute Gasteiger partial charge is 0.365 e. The molecule has 0 amide bonds. The molecule has 1 fully saturated rings. The number of rotatable bonds is 0. The first-order chi connectivity index (χ1) is 3.86. The predicted molar refractivity (Wildman–Crippen MR) is 37.6 cm³/mol. The summed E-state index contributed by atoms with van der Waals surface area (Å²) in [7, 11) is 0. The highest BCUT2D eigenvalue weighted by Gasteiger charge is 2.33. The Morgan fingerprint density at radius 3 is 2.44 bits per heavy atom. The van der Waals surface area contributed by atoms with Crippen molar-refractivity contribution in [2.24, 2.45) is 5.73 Å². The van der Waals surface area contributed by atoms with E-state index in [2.05, 4.69) is 12.2 Å². The summed E-state index contributed by atoms with van der Waals surface area (Å²) in [5, 5.41) is 0. The minimum atomic E-state index is 0. The Bertz CT molecular complexity index is 137. The van der Waals surface area contributed by atoms with Gasteiger partial charge in [-0.15, -0.1) is 12.4 Å². The number of nitrogens with two attached hydrogens (primary N) is 1. The molecule has 2 nitrogen and oxygen atoms in total. The zero-order chi connectivity index (χ0) is 5.56. The van der Waals surface area contributed by atoms with Crippen molar-refractivity contribution >= 4 is 12.4 Å². The molecule has 2 N–H and O–H groups in total. The van der Waals surface area contributed by atoms with Crippen LogP contribution in [0.15, 0.2) is 12.2 Å². The predicted octanol–water partition coefficient (Wildman–Crippen LogP) is 0.463. The van der Waals surface area contributed by atoms with Gasteiger partial charge in [0.05, 0.1) is 12.2 Å². The van der Waals surface area contributed by atoms with E-state index in [-0.39, 0.29) is 24.6 Å². The van der Waals surface area contributed by atoms with Crippen molar-refractivity contribution in [3.05, 3.63) is 12.2 Å². The molecule has 0 aliphatic carbocycles. The second-order valence-corrected chi connectivity index (χ2v) is 2.42. The first kappa shape index (κ1) is 7.06. The average Bonchev–Trinajstić information content (AvgIpc) is 2.23. The van der Waals surface area contributed by atoms with Crippen LogP contribution in [0.25, 0.3) is 0 Å². The Balaban J connectivity index is 0.000000405. The molecule has 0 aromatic carbocycles. The third-order valence-corrected chi connectivity index (χ3v) is 1.77. The van der Waals surface area contributed by atoms with Gasteiger partial charge in [0.15, 0.2) is 0 Å². The van der Waals surface area contributed by atoms with Crippen molar-refractivity contribution in [1.82, 2.24) is 0 Å². The molecule has 2 heterocycles. The van der Waals surface area contributed by atoms with E-state index >= 15 is 0 Å². The van der Waals surface area contributed by atoms with Gasteiger partial charge in [0.1, 0.15) is 0 Å². The SMILES string of the molecule is Cl.NC1CC2C=CC1O2.